The van der Waals surface area contributed by atoms with Crippen LogP contribution in [-0.2, 0) is 31.4 Å². The Kier molecular flexibility index (Phi) is 4.11. The van der Waals surface area contributed by atoms with Gasteiger partial charge in [-0.1, -0.05) is 0 Å². The maximum absolute atomic E-state index is 3.68. The van der Waals surface area contributed by atoms with E-state index < -0.39 is 0 Å². The molecule has 0 fully saturated rings. The second-order valence-electron chi connectivity index (χ2n) is 0.126. The molecule has 0 radical (unpaired) electrons. The zero-order chi connectivity index (χ0) is 3.41. The first-order chi connectivity index (χ1) is 1.91. The Bertz CT molecular complexity index is 19.2. The monoisotopic (exact) mass is 144 g/mol. The van der Waals surface area contributed by atoms with E-state index in [0.717, 1.165) is 0 Å². The van der Waals surface area contributed by atoms with Gasteiger partial charge in [0.1, 0.15) is 0 Å². The molecule has 0 saturated carbocycles. The van der Waals surface area contributed by atoms with Crippen molar-refractivity contribution in [2.24, 2.45) is 8.39 Å². The molecule has 0 aromatic heterocycles. The van der Waals surface area contributed by atoms with E-state index in [2.05, 4.69) is 39.7 Å². The van der Waals surface area contributed by atoms with E-state index in [-0.39, 0.29) is 0 Å². The molecule has 0 aliphatic carbocycles. The molecule has 0 heterocycles. The second-order valence-corrected chi connectivity index (χ2v) is 0.522. The van der Waals surface area contributed by atoms with Crippen molar-refractivity contribution in [3.8, 4) is 0 Å². The number of rotatable bonds is 0. The molecule has 0 spiro atoms. The third kappa shape index (κ3) is 2.59. The Morgan fingerprint density at radius 3 is 1.25 bits per heavy atom. The first-order valence-electron chi connectivity index (χ1n) is 0.483. The van der Waals surface area contributed by atoms with Crippen LogP contribution in [0.2, 0.25) is 0 Å². The summed E-state index contributed by atoms with van der Waals surface area (Å²) in [6.45, 7) is 0. The summed E-state index contributed by atoms with van der Waals surface area (Å²) in [5, 5.41) is 0. The van der Waals surface area contributed by atoms with Crippen LogP contribution in [-0.4, -0.2) is 0 Å². The minimum absolute atomic E-state index is 2.82. The fourth-order valence-electron chi connectivity index (χ4n) is 0. The SMILES string of the molecule is [Ni][N]=[N][Ni]. The van der Waals surface area contributed by atoms with E-state index in [1.165, 1.54) is 0 Å². The quantitative estimate of drug-likeness (QED) is 0.347. The van der Waals surface area contributed by atoms with E-state index in [9.17, 15) is 0 Å². The molecule has 30 valence electrons. The van der Waals surface area contributed by atoms with Gasteiger partial charge in [-0.05, 0) is 0 Å². The molecular weight excluding hydrogens is 145 g/mol. The molecule has 0 aromatic rings. The molecular formula is N2Ni2. The van der Waals surface area contributed by atoms with Gasteiger partial charge in [0.25, 0.3) is 0 Å². The Morgan fingerprint density at radius 1 is 1.00 bits per heavy atom. The second kappa shape index (κ2) is 3.59. The van der Waals surface area contributed by atoms with Gasteiger partial charge < -0.3 is 0 Å². The Morgan fingerprint density at radius 2 is 1.25 bits per heavy atom. The molecule has 0 atom stereocenters. The van der Waals surface area contributed by atoms with Gasteiger partial charge in [0.2, 0.25) is 0 Å². The van der Waals surface area contributed by atoms with Gasteiger partial charge in [-0.3, -0.25) is 0 Å². The molecule has 0 aromatic carbocycles. The number of hydrogen-bond donors (Lipinski definition) is 0. The molecule has 0 amide bonds. The maximum atomic E-state index is 3.68. The van der Waals surface area contributed by atoms with Crippen LogP contribution in [0.25, 0.3) is 0 Å². The summed E-state index contributed by atoms with van der Waals surface area (Å²) in [7, 11) is 0. The molecule has 4 heteroatoms. The first-order valence-corrected chi connectivity index (χ1v) is 1.37. The topological polar surface area (TPSA) is 24.7 Å². The van der Waals surface area contributed by atoms with E-state index in [4.69, 9.17) is 0 Å². The summed E-state index contributed by atoms with van der Waals surface area (Å²) in [4.78, 5) is 0. The fourth-order valence-corrected chi connectivity index (χ4v) is 0. The van der Waals surface area contributed by atoms with Crippen molar-refractivity contribution >= 4 is 0 Å². The average molecular weight is 145 g/mol. The van der Waals surface area contributed by atoms with Gasteiger partial charge in [0.05, 0.1) is 0 Å². The van der Waals surface area contributed by atoms with Gasteiger partial charge in [-0.25, -0.2) is 0 Å². The number of nitrogens with zero attached hydrogens (tertiary/aromatic N) is 2. The molecule has 0 aliphatic heterocycles. The van der Waals surface area contributed by atoms with Gasteiger partial charge in [-0.2, -0.15) is 0 Å². The summed E-state index contributed by atoms with van der Waals surface area (Å²) in [5.41, 5.74) is 0. The molecule has 0 rings (SSSR count). The third-order valence-corrected chi connectivity index (χ3v) is 0.340. The first kappa shape index (κ1) is 4.59. The van der Waals surface area contributed by atoms with Crippen molar-refractivity contribution in [2.45, 2.75) is 0 Å². The van der Waals surface area contributed by atoms with Crippen molar-refractivity contribution in [3.05, 3.63) is 0 Å². The van der Waals surface area contributed by atoms with E-state index in [1.807, 2.05) is 0 Å². The van der Waals surface area contributed by atoms with Crippen LogP contribution in [0.5, 0.6) is 0 Å². The van der Waals surface area contributed by atoms with Crippen LogP contribution in [0.1, 0.15) is 0 Å². The van der Waals surface area contributed by atoms with Crippen molar-refractivity contribution in [1.82, 2.24) is 0 Å². The van der Waals surface area contributed by atoms with E-state index in [1.54, 1.807) is 0 Å². The zero-order valence-corrected chi connectivity index (χ0v) is 3.50. The van der Waals surface area contributed by atoms with Crippen molar-refractivity contribution in [1.29, 1.82) is 0 Å². The Labute approximate surface area is 40.2 Å². The van der Waals surface area contributed by atoms with Crippen LogP contribution in [0, 0.1) is 0 Å². The molecule has 0 bridgehead atoms. The van der Waals surface area contributed by atoms with Crippen molar-refractivity contribution in [2.75, 3.05) is 0 Å². The van der Waals surface area contributed by atoms with Gasteiger partial charge in [0, 0.05) is 0 Å². The molecule has 0 unspecified atom stereocenters. The summed E-state index contributed by atoms with van der Waals surface area (Å²) < 4.78 is 5.64. The molecule has 0 saturated heterocycles. The van der Waals surface area contributed by atoms with Crippen LogP contribution >= 0.6 is 0 Å². The van der Waals surface area contributed by atoms with Crippen molar-refractivity contribution < 1.29 is 31.4 Å². The predicted octanol–water partition coefficient (Wildman–Crippen LogP) is 0.362. The average Bonchev–Trinajstić information content (AvgIpc) is 1.37. The van der Waals surface area contributed by atoms with Crippen LogP contribution in [0.4, 0.5) is 0 Å². The molecule has 0 N–H and O–H groups in total. The minimum atomic E-state index is 2.82. The van der Waals surface area contributed by atoms with Gasteiger partial charge in [-0.15, -0.1) is 0 Å². The summed E-state index contributed by atoms with van der Waals surface area (Å²) in [6, 6.07) is 0. The molecule has 0 aliphatic rings. The fraction of sp³-hybridized carbons (Fsp3) is 0. The Hall–Kier alpha value is 0.587. The van der Waals surface area contributed by atoms with Crippen LogP contribution < -0.4 is 0 Å². The predicted molar refractivity (Wildman–Crippen MR) is 4.86 cm³/mol. The van der Waals surface area contributed by atoms with Gasteiger partial charge >= 0.3 is 39.7 Å². The normalized spacial score (nSPS) is 10.0. The number of hydrogen-bond acceptors (Lipinski definition) is 2. The summed E-state index contributed by atoms with van der Waals surface area (Å²) in [6.07, 6.45) is 0. The standard InChI is InChI=1S/N2.2Ni/c1-2;;/q-2;2*+1. The summed E-state index contributed by atoms with van der Waals surface area (Å²) >= 11 is 7.36. The molecule has 2 nitrogen and oxygen atoms in total. The molecule has 4 heavy (non-hydrogen) atoms. The van der Waals surface area contributed by atoms with Crippen LogP contribution in [0.15, 0.2) is 8.39 Å². The Balaban J connectivity index is 2.55. The van der Waals surface area contributed by atoms with Crippen molar-refractivity contribution in [3.63, 3.8) is 0 Å². The van der Waals surface area contributed by atoms with E-state index in [0.29, 0.717) is 0 Å². The van der Waals surface area contributed by atoms with Crippen LogP contribution in [0.3, 0.4) is 0 Å². The van der Waals surface area contributed by atoms with Gasteiger partial charge in [0.15, 0.2) is 0 Å². The summed E-state index contributed by atoms with van der Waals surface area (Å²) in [5.74, 6) is 0. The van der Waals surface area contributed by atoms with E-state index >= 15 is 0 Å². The third-order valence-electron chi connectivity index (χ3n) is 0.0200. The zero-order valence-electron chi connectivity index (χ0n) is 1.53.